The first-order chi connectivity index (χ1) is 13.0. The first kappa shape index (κ1) is 18.6. The Morgan fingerprint density at radius 3 is 2.22 bits per heavy atom. The van der Waals surface area contributed by atoms with Gasteiger partial charge in [0.1, 0.15) is 5.82 Å². The van der Waals surface area contributed by atoms with Crippen LogP contribution in [0.2, 0.25) is 5.02 Å². The highest BCUT2D eigenvalue weighted by molar-refractivity contribution is 6.30. The highest BCUT2D eigenvalue weighted by atomic mass is 35.5. The van der Waals surface area contributed by atoms with E-state index in [0.717, 1.165) is 5.56 Å². The number of halogens is 2. The average Bonchev–Trinajstić information content (AvgIpc) is 2.68. The normalized spacial score (nSPS) is 10.3. The van der Waals surface area contributed by atoms with Gasteiger partial charge in [-0.25, -0.2) is 4.39 Å². The molecule has 0 radical (unpaired) electrons. The van der Waals surface area contributed by atoms with Gasteiger partial charge in [0.15, 0.2) is 0 Å². The summed E-state index contributed by atoms with van der Waals surface area (Å²) < 4.78 is 13.0. The SMILES string of the molecule is O=C(Nc1ccccc1C(=O)NCc1ccc(F)cc1)c1ccc(Cl)cc1. The molecule has 0 heterocycles. The molecule has 0 unspecified atom stereocenters. The van der Waals surface area contributed by atoms with E-state index in [1.807, 2.05) is 0 Å². The summed E-state index contributed by atoms with van der Waals surface area (Å²) >= 11 is 5.83. The molecule has 0 fully saturated rings. The molecular formula is C21H16ClFN2O2. The van der Waals surface area contributed by atoms with Crippen molar-refractivity contribution in [1.82, 2.24) is 5.32 Å². The van der Waals surface area contributed by atoms with Crippen molar-refractivity contribution in [2.24, 2.45) is 0 Å². The third-order valence-corrected chi connectivity index (χ3v) is 4.14. The van der Waals surface area contributed by atoms with E-state index in [9.17, 15) is 14.0 Å². The van der Waals surface area contributed by atoms with Gasteiger partial charge in [-0.05, 0) is 54.1 Å². The molecule has 3 aromatic carbocycles. The molecule has 2 amide bonds. The van der Waals surface area contributed by atoms with Crippen molar-refractivity contribution in [3.63, 3.8) is 0 Å². The molecule has 0 saturated heterocycles. The van der Waals surface area contributed by atoms with Crippen molar-refractivity contribution >= 4 is 29.1 Å². The molecule has 136 valence electrons. The van der Waals surface area contributed by atoms with E-state index in [4.69, 9.17) is 11.6 Å². The zero-order valence-electron chi connectivity index (χ0n) is 14.2. The maximum absolute atomic E-state index is 13.0. The number of amides is 2. The maximum atomic E-state index is 13.0. The van der Waals surface area contributed by atoms with Gasteiger partial charge in [0.25, 0.3) is 11.8 Å². The van der Waals surface area contributed by atoms with Crippen LogP contribution in [-0.2, 0) is 6.54 Å². The summed E-state index contributed by atoms with van der Waals surface area (Å²) in [5, 5.41) is 6.04. The average molecular weight is 383 g/mol. The lowest BCUT2D eigenvalue weighted by Gasteiger charge is -2.12. The number of benzene rings is 3. The maximum Gasteiger partial charge on any atom is 0.255 e. The molecule has 3 aromatic rings. The Labute approximate surface area is 161 Å². The minimum Gasteiger partial charge on any atom is -0.348 e. The van der Waals surface area contributed by atoms with Gasteiger partial charge in [0, 0.05) is 17.1 Å². The summed E-state index contributed by atoms with van der Waals surface area (Å²) in [4.78, 5) is 24.9. The van der Waals surface area contributed by atoms with Gasteiger partial charge in [0.2, 0.25) is 0 Å². The number of para-hydroxylation sites is 1. The molecule has 3 rings (SSSR count). The number of anilines is 1. The lowest BCUT2D eigenvalue weighted by Crippen LogP contribution is -2.24. The Hall–Kier alpha value is -3.18. The topological polar surface area (TPSA) is 58.2 Å². The van der Waals surface area contributed by atoms with E-state index < -0.39 is 0 Å². The third kappa shape index (κ3) is 4.92. The number of hydrogen-bond donors (Lipinski definition) is 2. The van der Waals surface area contributed by atoms with Gasteiger partial charge in [-0.2, -0.15) is 0 Å². The number of carbonyl (C=O) groups is 2. The molecule has 0 spiro atoms. The van der Waals surface area contributed by atoms with Crippen molar-refractivity contribution in [2.45, 2.75) is 6.54 Å². The molecular weight excluding hydrogens is 367 g/mol. The summed E-state index contributed by atoms with van der Waals surface area (Å²) in [6.45, 7) is 0.249. The second-order valence-corrected chi connectivity index (χ2v) is 6.25. The molecule has 0 bridgehead atoms. The molecule has 0 aromatic heterocycles. The summed E-state index contributed by atoms with van der Waals surface area (Å²) in [6.07, 6.45) is 0. The van der Waals surface area contributed by atoms with E-state index in [2.05, 4.69) is 10.6 Å². The number of rotatable bonds is 5. The Kier molecular flexibility index (Phi) is 5.84. The fourth-order valence-corrected chi connectivity index (χ4v) is 2.59. The van der Waals surface area contributed by atoms with E-state index in [1.165, 1.54) is 12.1 Å². The smallest absolute Gasteiger partial charge is 0.255 e. The Morgan fingerprint density at radius 2 is 1.52 bits per heavy atom. The third-order valence-electron chi connectivity index (χ3n) is 3.89. The lowest BCUT2D eigenvalue weighted by molar-refractivity contribution is 0.0952. The van der Waals surface area contributed by atoms with E-state index in [-0.39, 0.29) is 24.2 Å². The Bertz CT molecular complexity index is 957. The lowest BCUT2D eigenvalue weighted by atomic mass is 10.1. The van der Waals surface area contributed by atoms with Crippen LogP contribution in [0.1, 0.15) is 26.3 Å². The summed E-state index contributed by atoms with van der Waals surface area (Å²) in [5.41, 5.74) is 1.93. The van der Waals surface area contributed by atoms with Crippen LogP contribution in [-0.4, -0.2) is 11.8 Å². The fourth-order valence-electron chi connectivity index (χ4n) is 2.47. The van der Waals surface area contributed by atoms with Crippen molar-refractivity contribution in [1.29, 1.82) is 0 Å². The van der Waals surface area contributed by atoms with Crippen LogP contribution in [0.4, 0.5) is 10.1 Å². The molecule has 0 aliphatic carbocycles. The van der Waals surface area contributed by atoms with Crippen LogP contribution in [0.25, 0.3) is 0 Å². The minimum atomic E-state index is -0.342. The molecule has 0 aliphatic rings. The van der Waals surface area contributed by atoms with Crippen LogP contribution in [0.3, 0.4) is 0 Å². The van der Waals surface area contributed by atoms with Gasteiger partial charge in [0.05, 0.1) is 11.3 Å². The van der Waals surface area contributed by atoms with Gasteiger partial charge in [-0.15, -0.1) is 0 Å². The van der Waals surface area contributed by atoms with Gasteiger partial charge in [-0.3, -0.25) is 9.59 Å². The highest BCUT2D eigenvalue weighted by Crippen LogP contribution is 2.17. The number of carbonyl (C=O) groups excluding carboxylic acids is 2. The van der Waals surface area contributed by atoms with Crippen molar-refractivity contribution in [2.75, 3.05) is 5.32 Å². The van der Waals surface area contributed by atoms with Crippen molar-refractivity contribution in [3.05, 3.63) is 100 Å². The number of nitrogens with one attached hydrogen (secondary N) is 2. The fraction of sp³-hybridized carbons (Fsp3) is 0.0476. The van der Waals surface area contributed by atoms with E-state index >= 15 is 0 Å². The summed E-state index contributed by atoms with van der Waals surface area (Å²) in [6, 6.07) is 19.0. The second kappa shape index (κ2) is 8.47. The minimum absolute atomic E-state index is 0.249. The van der Waals surface area contributed by atoms with E-state index in [0.29, 0.717) is 21.8 Å². The number of hydrogen-bond acceptors (Lipinski definition) is 2. The van der Waals surface area contributed by atoms with Gasteiger partial charge >= 0.3 is 0 Å². The Morgan fingerprint density at radius 1 is 0.852 bits per heavy atom. The predicted molar refractivity (Wildman–Crippen MR) is 103 cm³/mol. The van der Waals surface area contributed by atoms with Gasteiger partial charge < -0.3 is 10.6 Å². The van der Waals surface area contributed by atoms with Crippen molar-refractivity contribution < 1.29 is 14.0 Å². The molecule has 4 nitrogen and oxygen atoms in total. The first-order valence-corrected chi connectivity index (χ1v) is 8.59. The Balaban J connectivity index is 1.70. The highest BCUT2D eigenvalue weighted by Gasteiger charge is 2.14. The van der Waals surface area contributed by atoms with Crippen LogP contribution in [0, 0.1) is 5.82 Å². The standard InChI is InChI=1S/C21H16ClFN2O2/c22-16-9-7-15(8-10-16)20(26)25-19-4-2-1-3-18(19)21(27)24-13-14-5-11-17(23)12-6-14/h1-12H,13H2,(H,24,27)(H,25,26). The zero-order chi connectivity index (χ0) is 19.2. The molecule has 0 aliphatic heterocycles. The van der Waals surface area contributed by atoms with Gasteiger partial charge in [-0.1, -0.05) is 35.9 Å². The molecule has 2 N–H and O–H groups in total. The monoisotopic (exact) mass is 382 g/mol. The quantitative estimate of drug-likeness (QED) is 0.674. The van der Waals surface area contributed by atoms with Crippen LogP contribution >= 0.6 is 11.6 Å². The predicted octanol–water partition coefficient (Wildman–Crippen LogP) is 4.66. The van der Waals surface area contributed by atoms with Crippen LogP contribution in [0.5, 0.6) is 0 Å². The molecule has 0 atom stereocenters. The van der Waals surface area contributed by atoms with Crippen molar-refractivity contribution in [3.8, 4) is 0 Å². The molecule has 6 heteroatoms. The first-order valence-electron chi connectivity index (χ1n) is 8.21. The second-order valence-electron chi connectivity index (χ2n) is 5.82. The zero-order valence-corrected chi connectivity index (χ0v) is 15.0. The summed E-state index contributed by atoms with van der Waals surface area (Å²) in [7, 11) is 0. The molecule has 27 heavy (non-hydrogen) atoms. The molecule has 0 saturated carbocycles. The summed E-state index contributed by atoms with van der Waals surface area (Å²) in [5.74, 6) is -1.02. The van der Waals surface area contributed by atoms with E-state index in [1.54, 1.807) is 60.7 Å². The van der Waals surface area contributed by atoms with Crippen LogP contribution in [0.15, 0.2) is 72.8 Å². The largest absolute Gasteiger partial charge is 0.348 e. The van der Waals surface area contributed by atoms with Crippen LogP contribution < -0.4 is 10.6 Å².